The van der Waals surface area contributed by atoms with Crippen LogP contribution in [0.1, 0.15) is 29.6 Å². The number of amides is 1. The quantitative estimate of drug-likeness (QED) is 0.506. The molecule has 0 saturated heterocycles. The van der Waals surface area contributed by atoms with E-state index < -0.39 is 10.8 Å². The molecule has 1 aliphatic carbocycles. The topological polar surface area (TPSA) is 72.2 Å². The van der Waals surface area contributed by atoms with Gasteiger partial charge in [0.05, 0.1) is 9.95 Å². The number of nitro groups is 1. The van der Waals surface area contributed by atoms with Crippen molar-refractivity contribution in [2.24, 2.45) is 5.92 Å². The summed E-state index contributed by atoms with van der Waals surface area (Å²) in [7, 11) is 0. The zero-order valence-electron chi connectivity index (χ0n) is 10.6. The number of halogens is 2. The second-order valence-electron chi connectivity index (χ2n) is 4.88. The van der Waals surface area contributed by atoms with Crippen molar-refractivity contribution < 1.29 is 9.72 Å². The van der Waals surface area contributed by atoms with Crippen molar-refractivity contribution >= 4 is 39.1 Å². The zero-order valence-corrected chi connectivity index (χ0v) is 13.0. The van der Waals surface area contributed by atoms with E-state index in [0.29, 0.717) is 17.3 Å². The lowest BCUT2D eigenvalue weighted by atomic mass is 10.1. The van der Waals surface area contributed by atoms with Gasteiger partial charge in [0.1, 0.15) is 5.56 Å². The second kappa shape index (κ2) is 6.54. The van der Waals surface area contributed by atoms with Crippen LogP contribution in [0.15, 0.2) is 18.2 Å². The summed E-state index contributed by atoms with van der Waals surface area (Å²) in [5, 5.41) is 13.8. The van der Waals surface area contributed by atoms with Gasteiger partial charge in [-0.15, -0.1) is 0 Å². The molecule has 1 N–H and O–H groups in total. The highest BCUT2D eigenvalue weighted by atomic mass is 79.9. The third-order valence-corrected chi connectivity index (χ3v) is 4.59. The van der Waals surface area contributed by atoms with E-state index in [0.717, 1.165) is 19.3 Å². The third kappa shape index (κ3) is 3.49. The molecule has 108 valence electrons. The number of hydrogen-bond donors (Lipinski definition) is 1. The van der Waals surface area contributed by atoms with Crippen LogP contribution in [-0.4, -0.2) is 22.2 Å². The van der Waals surface area contributed by atoms with E-state index in [1.54, 1.807) is 0 Å². The van der Waals surface area contributed by atoms with Gasteiger partial charge in [-0.2, -0.15) is 0 Å². The molecule has 0 heterocycles. The number of benzene rings is 1. The van der Waals surface area contributed by atoms with E-state index in [1.165, 1.54) is 18.2 Å². The van der Waals surface area contributed by atoms with Crippen molar-refractivity contribution in [3.63, 3.8) is 0 Å². The minimum absolute atomic E-state index is 0.0624. The summed E-state index contributed by atoms with van der Waals surface area (Å²) < 4.78 is 0. The Balaban J connectivity index is 2.07. The van der Waals surface area contributed by atoms with Crippen molar-refractivity contribution in [1.29, 1.82) is 0 Å². The molecular formula is C13H14BrClN2O3. The van der Waals surface area contributed by atoms with Gasteiger partial charge >= 0.3 is 0 Å². The Morgan fingerprint density at radius 3 is 2.85 bits per heavy atom. The summed E-state index contributed by atoms with van der Waals surface area (Å²) in [4.78, 5) is 23.0. The van der Waals surface area contributed by atoms with Crippen LogP contribution in [-0.2, 0) is 0 Å². The first-order chi connectivity index (χ1) is 9.49. The first-order valence-corrected chi connectivity index (χ1v) is 7.63. The number of nitrogens with zero attached hydrogens (tertiary/aromatic N) is 1. The van der Waals surface area contributed by atoms with Crippen LogP contribution in [0.4, 0.5) is 5.69 Å². The summed E-state index contributed by atoms with van der Waals surface area (Å²) in [5.74, 6) is -0.0785. The molecule has 2 rings (SSSR count). The van der Waals surface area contributed by atoms with E-state index in [4.69, 9.17) is 11.6 Å². The second-order valence-corrected chi connectivity index (χ2v) is 6.58. The molecule has 2 unspecified atom stereocenters. The highest BCUT2D eigenvalue weighted by Gasteiger charge is 2.26. The van der Waals surface area contributed by atoms with E-state index in [1.807, 2.05) is 0 Å². The van der Waals surface area contributed by atoms with E-state index in [-0.39, 0.29) is 16.3 Å². The summed E-state index contributed by atoms with van der Waals surface area (Å²) in [6.07, 6.45) is 3.14. The summed E-state index contributed by atoms with van der Waals surface area (Å²) in [6, 6.07) is 4.22. The maximum absolute atomic E-state index is 12.1. The molecule has 0 spiro atoms. The molecule has 1 saturated carbocycles. The Morgan fingerprint density at radius 2 is 2.25 bits per heavy atom. The standard InChI is InChI=1S/C13H14BrClN2O3/c14-9-5-4-8(6-9)7-16-13(18)12-10(15)2-1-3-11(12)17(19)20/h1-3,8-9H,4-7H2,(H,16,18). The maximum atomic E-state index is 12.1. The van der Waals surface area contributed by atoms with Crippen molar-refractivity contribution in [3.05, 3.63) is 38.9 Å². The normalized spacial score (nSPS) is 21.7. The average molecular weight is 362 g/mol. The molecule has 0 bridgehead atoms. The predicted octanol–water partition coefficient (Wildman–Crippen LogP) is 3.54. The number of alkyl halides is 1. The van der Waals surface area contributed by atoms with Gasteiger partial charge in [0.15, 0.2) is 0 Å². The number of carbonyl (C=O) groups is 1. The maximum Gasteiger partial charge on any atom is 0.283 e. The van der Waals surface area contributed by atoms with Gasteiger partial charge in [0.25, 0.3) is 11.6 Å². The molecule has 1 aromatic carbocycles. The highest BCUT2D eigenvalue weighted by molar-refractivity contribution is 9.09. The van der Waals surface area contributed by atoms with Gasteiger partial charge in [0.2, 0.25) is 0 Å². The number of nitrogens with one attached hydrogen (secondary N) is 1. The molecule has 1 aromatic rings. The fraction of sp³-hybridized carbons (Fsp3) is 0.462. The van der Waals surface area contributed by atoms with E-state index >= 15 is 0 Å². The Hall–Kier alpha value is -1.14. The van der Waals surface area contributed by atoms with Crippen molar-refractivity contribution in [2.75, 3.05) is 6.54 Å². The molecule has 2 atom stereocenters. The zero-order chi connectivity index (χ0) is 14.7. The van der Waals surface area contributed by atoms with Crippen LogP contribution < -0.4 is 5.32 Å². The van der Waals surface area contributed by atoms with Gasteiger partial charge in [0, 0.05) is 17.4 Å². The molecule has 1 fully saturated rings. The van der Waals surface area contributed by atoms with Crippen LogP contribution >= 0.6 is 27.5 Å². The van der Waals surface area contributed by atoms with Gasteiger partial charge < -0.3 is 5.32 Å². The molecule has 7 heteroatoms. The smallest absolute Gasteiger partial charge is 0.283 e. The van der Waals surface area contributed by atoms with Crippen molar-refractivity contribution in [2.45, 2.75) is 24.1 Å². The minimum atomic E-state index is -0.592. The van der Waals surface area contributed by atoms with Crippen LogP contribution in [0.3, 0.4) is 0 Å². The molecule has 0 aromatic heterocycles. The highest BCUT2D eigenvalue weighted by Crippen LogP contribution is 2.30. The first-order valence-electron chi connectivity index (χ1n) is 6.34. The predicted molar refractivity (Wildman–Crippen MR) is 80.5 cm³/mol. The molecule has 20 heavy (non-hydrogen) atoms. The third-order valence-electron chi connectivity index (χ3n) is 3.44. The molecule has 0 radical (unpaired) electrons. The van der Waals surface area contributed by atoms with Gasteiger partial charge in [-0.05, 0) is 31.2 Å². The lowest BCUT2D eigenvalue weighted by Gasteiger charge is -2.11. The molecular weight excluding hydrogens is 348 g/mol. The lowest BCUT2D eigenvalue weighted by Crippen LogP contribution is -2.29. The lowest BCUT2D eigenvalue weighted by molar-refractivity contribution is -0.385. The number of nitro benzene ring substituents is 1. The minimum Gasteiger partial charge on any atom is -0.351 e. The number of carbonyl (C=O) groups excluding carboxylic acids is 1. The number of hydrogen-bond acceptors (Lipinski definition) is 3. The Morgan fingerprint density at radius 1 is 1.50 bits per heavy atom. The first kappa shape index (κ1) is 15.3. The summed E-state index contributed by atoms with van der Waals surface area (Å²) in [5.41, 5.74) is -0.327. The fourth-order valence-electron chi connectivity index (χ4n) is 2.41. The van der Waals surface area contributed by atoms with Crippen LogP contribution in [0.2, 0.25) is 5.02 Å². The average Bonchev–Trinajstić information content (AvgIpc) is 2.81. The largest absolute Gasteiger partial charge is 0.351 e. The van der Waals surface area contributed by atoms with Crippen LogP contribution in [0.5, 0.6) is 0 Å². The van der Waals surface area contributed by atoms with Crippen molar-refractivity contribution in [3.8, 4) is 0 Å². The molecule has 0 aliphatic heterocycles. The van der Waals surface area contributed by atoms with Crippen LogP contribution in [0, 0.1) is 16.0 Å². The van der Waals surface area contributed by atoms with Gasteiger partial charge in [-0.25, -0.2) is 0 Å². The van der Waals surface area contributed by atoms with E-state index in [9.17, 15) is 14.9 Å². The Labute approximate surface area is 130 Å². The van der Waals surface area contributed by atoms with Gasteiger partial charge in [-0.1, -0.05) is 33.6 Å². The summed E-state index contributed by atoms with van der Waals surface area (Å²) >= 11 is 9.46. The molecule has 5 nitrogen and oxygen atoms in total. The SMILES string of the molecule is O=C(NCC1CCC(Br)C1)c1c(Cl)cccc1[N+](=O)[O-]. The monoisotopic (exact) mass is 360 g/mol. The van der Waals surface area contributed by atoms with E-state index in [2.05, 4.69) is 21.2 Å². The Bertz CT molecular complexity index is 538. The molecule has 1 aliphatic rings. The molecule has 1 amide bonds. The van der Waals surface area contributed by atoms with Crippen LogP contribution in [0.25, 0.3) is 0 Å². The van der Waals surface area contributed by atoms with Gasteiger partial charge in [-0.3, -0.25) is 14.9 Å². The number of rotatable bonds is 4. The van der Waals surface area contributed by atoms with Crippen molar-refractivity contribution in [1.82, 2.24) is 5.32 Å². The fourth-order valence-corrected chi connectivity index (χ4v) is 3.46. The summed E-state index contributed by atoms with van der Waals surface area (Å²) in [6.45, 7) is 0.517. The Kier molecular flexibility index (Phi) is 4.99.